The summed E-state index contributed by atoms with van der Waals surface area (Å²) in [5.41, 5.74) is 0.722. The number of nitrogens with zero attached hydrogens (tertiary/aromatic N) is 1. The molecule has 0 unspecified atom stereocenters. The van der Waals surface area contributed by atoms with Crippen LogP contribution in [0.5, 0.6) is 0 Å². The lowest BCUT2D eigenvalue weighted by Crippen LogP contribution is -2.22. The fraction of sp³-hybridized carbons (Fsp3) is 0.154. The Labute approximate surface area is 123 Å². The molecule has 8 heteroatoms. The molecule has 0 spiro atoms. The molecular formula is C13H10N2O5S. The number of carbonyl (C=O) groups is 1. The lowest BCUT2D eigenvalue weighted by atomic mass is 10.2. The lowest BCUT2D eigenvalue weighted by molar-refractivity contribution is -0.402. The van der Waals surface area contributed by atoms with E-state index in [0.29, 0.717) is 0 Å². The zero-order valence-corrected chi connectivity index (χ0v) is 11.5. The van der Waals surface area contributed by atoms with Crippen molar-refractivity contribution >= 4 is 23.1 Å². The number of rotatable bonds is 4. The van der Waals surface area contributed by atoms with Crippen LogP contribution >= 0.6 is 11.3 Å². The Hall–Kier alpha value is -2.63. The van der Waals surface area contributed by atoms with Gasteiger partial charge < -0.3 is 14.8 Å². The van der Waals surface area contributed by atoms with Gasteiger partial charge in [-0.3, -0.25) is 14.9 Å². The molecule has 7 nitrogen and oxygen atoms in total. The SMILES string of the molecule is O=C(NCc1sccc1C#CCO)c1ccc([N+](=O)[O-])o1. The van der Waals surface area contributed by atoms with E-state index < -0.39 is 16.7 Å². The molecule has 0 aliphatic carbocycles. The summed E-state index contributed by atoms with van der Waals surface area (Å²) in [6.07, 6.45) is 0. The number of hydrogen-bond acceptors (Lipinski definition) is 6. The van der Waals surface area contributed by atoms with Crippen LogP contribution in [-0.2, 0) is 6.54 Å². The molecule has 0 bridgehead atoms. The van der Waals surface area contributed by atoms with Crippen molar-refractivity contribution in [1.82, 2.24) is 5.32 Å². The van der Waals surface area contributed by atoms with Gasteiger partial charge in [-0.1, -0.05) is 11.8 Å². The van der Waals surface area contributed by atoms with E-state index in [2.05, 4.69) is 17.2 Å². The van der Waals surface area contributed by atoms with Crippen molar-refractivity contribution in [3.8, 4) is 11.8 Å². The summed E-state index contributed by atoms with van der Waals surface area (Å²) in [5, 5.41) is 23.6. The average Bonchev–Trinajstić information content (AvgIpc) is 3.11. The number of thiophene rings is 1. The summed E-state index contributed by atoms with van der Waals surface area (Å²) >= 11 is 1.41. The zero-order chi connectivity index (χ0) is 15.2. The first-order valence-corrected chi connectivity index (χ1v) is 6.68. The largest absolute Gasteiger partial charge is 0.433 e. The highest BCUT2D eigenvalue weighted by Gasteiger charge is 2.17. The molecule has 0 aliphatic heterocycles. The predicted octanol–water partition coefficient (Wildman–Crippen LogP) is 1.52. The first kappa shape index (κ1) is 14.8. The zero-order valence-electron chi connectivity index (χ0n) is 10.7. The van der Waals surface area contributed by atoms with Crippen molar-refractivity contribution in [2.75, 3.05) is 6.61 Å². The first-order valence-electron chi connectivity index (χ1n) is 5.80. The van der Waals surface area contributed by atoms with Crippen molar-refractivity contribution in [2.45, 2.75) is 6.54 Å². The average molecular weight is 306 g/mol. The van der Waals surface area contributed by atoms with Gasteiger partial charge >= 0.3 is 5.88 Å². The Balaban J connectivity index is 2.01. The van der Waals surface area contributed by atoms with Gasteiger partial charge in [-0.25, -0.2) is 0 Å². The number of aliphatic hydroxyl groups is 1. The molecule has 1 amide bonds. The van der Waals surface area contributed by atoms with E-state index in [0.717, 1.165) is 16.5 Å². The fourth-order valence-electron chi connectivity index (χ4n) is 1.52. The molecule has 2 rings (SSSR count). The van der Waals surface area contributed by atoms with Gasteiger partial charge in [0.1, 0.15) is 11.5 Å². The highest BCUT2D eigenvalue weighted by molar-refractivity contribution is 7.10. The minimum Gasteiger partial charge on any atom is -0.395 e. The third kappa shape index (κ3) is 3.68. The molecule has 0 fully saturated rings. The Bertz CT molecular complexity index is 722. The van der Waals surface area contributed by atoms with E-state index in [4.69, 9.17) is 9.52 Å². The van der Waals surface area contributed by atoms with Crippen LogP contribution in [0.2, 0.25) is 0 Å². The molecule has 2 heterocycles. The maximum Gasteiger partial charge on any atom is 0.433 e. The minimum absolute atomic E-state index is 0.124. The maximum atomic E-state index is 11.8. The van der Waals surface area contributed by atoms with Crippen LogP contribution < -0.4 is 5.32 Å². The number of carbonyl (C=O) groups excluding carboxylic acids is 1. The third-order valence-corrected chi connectivity index (χ3v) is 3.37. The van der Waals surface area contributed by atoms with Crippen molar-refractivity contribution in [2.24, 2.45) is 0 Å². The molecule has 2 aromatic heterocycles. The van der Waals surface area contributed by atoms with Crippen LogP contribution in [0, 0.1) is 22.0 Å². The van der Waals surface area contributed by atoms with E-state index in [1.807, 2.05) is 5.38 Å². The summed E-state index contributed by atoms with van der Waals surface area (Å²) in [6.45, 7) is -0.0157. The fourth-order valence-corrected chi connectivity index (χ4v) is 2.29. The number of amides is 1. The minimum atomic E-state index is -0.710. The van der Waals surface area contributed by atoms with Crippen LogP contribution in [0.15, 0.2) is 28.0 Å². The lowest BCUT2D eigenvalue weighted by Gasteiger charge is -2.01. The highest BCUT2D eigenvalue weighted by atomic mass is 32.1. The van der Waals surface area contributed by atoms with Gasteiger partial charge in [0, 0.05) is 10.4 Å². The number of nitro groups is 1. The van der Waals surface area contributed by atoms with E-state index in [1.54, 1.807) is 6.07 Å². The van der Waals surface area contributed by atoms with Crippen molar-refractivity contribution in [1.29, 1.82) is 0 Å². The smallest absolute Gasteiger partial charge is 0.395 e. The molecule has 2 N–H and O–H groups in total. The number of hydrogen-bond donors (Lipinski definition) is 2. The monoisotopic (exact) mass is 306 g/mol. The quantitative estimate of drug-likeness (QED) is 0.506. The topological polar surface area (TPSA) is 106 Å². The van der Waals surface area contributed by atoms with E-state index in [1.165, 1.54) is 17.4 Å². The molecule has 0 atom stereocenters. The second kappa shape index (κ2) is 6.69. The van der Waals surface area contributed by atoms with Gasteiger partial charge in [-0.05, 0) is 17.5 Å². The molecule has 108 valence electrons. The van der Waals surface area contributed by atoms with Crippen LogP contribution in [0.1, 0.15) is 21.0 Å². The van der Waals surface area contributed by atoms with Gasteiger partial charge in [0.25, 0.3) is 5.91 Å². The summed E-state index contributed by atoms with van der Waals surface area (Å²) in [7, 11) is 0. The summed E-state index contributed by atoms with van der Waals surface area (Å²) < 4.78 is 4.80. The second-order valence-electron chi connectivity index (χ2n) is 3.80. The predicted molar refractivity (Wildman–Crippen MR) is 74.8 cm³/mol. The standard InChI is InChI=1S/C13H10N2O5S/c16-6-1-2-9-5-7-21-11(9)8-14-13(17)10-3-4-12(20-10)15(18)19/h3-5,7,16H,6,8H2,(H,14,17). The number of furan rings is 1. The maximum absolute atomic E-state index is 11.8. The Morgan fingerprint density at radius 2 is 2.29 bits per heavy atom. The summed E-state index contributed by atoms with van der Waals surface area (Å²) in [5.74, 6) is 4.16. The van der Waals surface area contributed by atoms with Gasteiger partial charge in [0.2, 0.25) is 0 Å². The van der Waals surface area contributed by atoms with Crippen LogP contribution in [0.4, 0.5) is 5.88 Å². The molecular weight excluding hydrogens is 296 g/mol. The molecule has 0 radical (unpaired) electrons. The van der Waals surface area contributed by atoms with E-state index in [-0.39, 0.29) is 18.9 Å². The highest BCUT2D eigenvalue weighted by Crippen LogP contribution is 2.17. The van der Waals surface area contributed by atoms with Crippen LogP contribution in [-0.4, -0.2) is 22.5 Å². The summed E-state index contributed by atoms with van der Waals surface area (Å²) in [6, 6.07) is 4.15. The summed E-state index contributed by atoms with van der Waals surface area (Å²) in [4.78, 5) is 22.4. The third-order valence-electron chi connectivity index (χ3n) is 2.45. The molecule has 2 aromatic rings. The molecule has 21 heavy (non-hydrogen) atoms. The van der Waals surface area contributed by atoms with Gasteiger partial charge in [0.15, 0.2) is 5.76 Å². The van der Waals surface area contributed by atoms with Crippen molar-refractivity contribution in [3.63, 3.8) is 0 Å². The Morgan fingerprint density at radius 1 is 1.48 bits per heavy atom. The molecule has 0 saturated heterocycles. The van der Waals surface area contributed by atoms with Crippen molar-refractivity contribution in [3.05, 3.63) is 49.9 Å². The van der Waals surface area contributed by atoms with Gasteiger partial charge in [0.05, 0.1) is 12.6 Å². The second-order valence-corrected chi connectivity index (χ2v) is 4.80. The Kier molecular flexibility index (Phi) is 4.71. The number of nitrogens with one attached hydrogen (secondary N) is 1. The van der Waals surface area contributed by atoms with Crippen LogP contribution in [0.3, 0.4) is 0 Å². The van der Waals surface area contributed by atoms with Gasteiger partial charge in [-0.15, -0.1) is 11.3 Å². The normalized spacial score (nSPS) is 9.76. The number of aliphatic hydroxyl groups excluding tert-OH is 1. The Morgan fingerprint density at radius 3 is 2.95 bits per heavy atom. The molecule has 0 aliphatic rings. The molecule has 0 aromatic carbocycles. The first-order chi connectivity index (χ1) is 10.1. The van der Waals surface area contributed by atoms with Gasteiger partial charge in [-0.2, -0.15) is 0 Å². The van der Waals surface area contributed by atoms with Crippen LogP contribution in [0.25, 0.3) is 0 Å². The van der Waals surface area contributed by atoms with E-state index >= 15 is 0 Å². The van der Waals surface area contributed by atoms with E-state index in [9.17, 15) is 14.9 Å². The molecule has 0 saturated carbocycles. The van der Waals surface area contributed by atoms with Crippen molar-refractivity contribution < 1.29 is 19.2 Å².